The van der Waals surface area contributed by atoms with Crippen molar-refractivity contribution in [2.75, 3.05) is 13.7 Å². The number of hydrogen-bond acceptors (Lipinski definition) is 6. The quantitative estimate of drug-likeness (QED) is 0.231. The summed E-state index contributed by atoms with van der Waals surface area (Å²) in [5.74, 6) is -0.516. The summed E-state index contributed by atoms with van der Waals surface area (Å²) in [5.41, 5.74) is 2.20. The Hall–Kier alpha value is -3.38. The van der Waals surface area contributed by atoms with Gasteiger partial charge in [-0.05, 0) is 107 Å². The van der Waals surface area contributed by atoms with E-state index in [9.17, 15) is 19.1 Å². The molecule has 0 radical (unpaired) electrons. The summed E-state index contributed by atoms with van der Waals surface area (Å²) in [6.45, 7) is 2.47. The molecule has 1 aliphatic rings. The number of carboxylic acid groups (broad SMARTS) is 1. The summed E-state index contributed by atoms with van der Waals surface area (Å²) in [4.78, 5) is 30.9. The van der Waals surface area contributed by atoms with Gasteiger partial charge in [0.1, 0.15) is 12.4 Å². The van der Waals surface area contributed by atoms with Gasteiger partial charge >= 0.3 is 5.97 Å². The Kier molecular flexibility index (Phi) is 8.49. The second kappa shape index (κ2) is 11.8. The minimum absolute atomic E-state index is 0.164. The van der Waals surface area contributed by atoms with Crippen LogP contribution < -0.4 is 9.47 Å². The number of rotatable bonds is 8. The monoisotopic (exact) mass is 632 g/mol. The van der Waals surface area contributed by atoms with Crippen LogP contribution in [0.15, 0.2) is 70.6 Å². The fraction of sp³-hybridized carbons (Fsp3) is 0.148. The lowest BCUT2D eigenvalue weighted by Gasteiger charge is -2.14. The maximum absolute atomic E-state index is 13.2. The number of carboxylic acids is 1. The normalized spacial score (nSPS) is 15.5. The summed E-state index contributed by atoms with van der Waals surface area (Å²) in [5, 5.41) is 9.73. The minimum atomic E-state index is -1.00. The van der Waals surface area contributed by atoms with E-state index in [4.69, 9.17) is 9.47 Å². The lowest BCUT2D eigenvalue weighted by molar-refractivity contribution is -0.122. The maximum Gasteiger partial charge on any atom is 0.335 e. The first-order valence-electron chi connectivity index (χ1n) is 11.2. The van der Waals surface area contributed by atoms with Gasteiger partial charge in [-0.25, -0.2) is 14.2 Å². The van der Waals surface area contributed by atoms with Crippen LogP contribution in [0.5, 0.6) is 11.5 Å². The van der Waals surface area contributed by atoms with Gasteiger partial charge in [0.2, 0.25) is 0 Å². The predicted molar refractivity (Wildman–Crippen MR) is 150 cm³/mol. The molecule has 4 rings (SSSR count). The van der Waals surface area contributed by atoms with E-state index in [1.807, 2.05) is 13.0 Å². The third-order valence-electron chi connectivity index (χ3n) is 5.36. The maximum atomic E-state index is 13.2. The average Bonchev–Trinajstić information content (AvgIpc) is 3.17. The molecule has 1 amide bonds. The van der Waals surface area contributed by atoms with Crippen molar-refractivity contribution in [3.8, 4) is 11.5 Å². The molecule has 0 aliphatic carbocycles. The van der Waals surface area contributed by atoms with Crippen molar-refractivity contribution in [2.24, 2.45) is 4.99 Å². The third-order valence-corrected chi connectivity index (χ3v) is 7.17. The van der Waals surface area contributed by atoms with E-state index in [0.29, 0.717) is 39.4 Å². The standard InChI is InChI=1S/C27H22FIN2O5S/c1-3-31-25(32)23(37-27(31)30-20-9-7-19(28)8-10-20)14-17-12-21(29)24(22(13-17)35-2)36-15-16-5-4-6-18(11-16)26(33)34/h4-14H,3,15H2,1-2H3,(H,33,34)/b23-14+,30-27?. The molecule has 3 aromatic rings. The first-order chi connectivity index (χ1) is 17.8. The number of carbonyl (C=O) groups excluding carboxylic acids is 1. The molecule has 7 nitrogen and oxygen atoms in total. The van der Waals surface area contributed by atoms with E-state index >= 15 is 0 Å². The topological polar surface area (TPSA) is 88.4 Å². The lowest BCUT2D eigenvalue weighted by atomic mass is 10.1. The Balaban J connectivity index is 1.58. The SMILES string of the molecule is CCN1C(=O)/C(=C\c2cc(I)c(OCc3cccc(C(=O)O)c3)c(OC)c2)SC1=Nc1ccc(F)cc1. The molecular formula is C27H22FIN2O5S. The highest BCUT2D eigenvalue weighted by Gasteiger charge is 2.32. The Morgan fingerprint density at radius 1 is 1.19 bits per heavy atom. The van der Waals surface area contributed by atoms with Crippen LogP contribution in [0.4, 0.5) is 10.1 Å². The molecule has 1 N–H and O–H groups in total. The summed E-state index contributed by atoms with van der Waals surface area (Å²) >= 11 is 3.39. The van der Waals surface area contributed by atoms with Crippen LogP contribution in [0.25, 0.3) is 6.08 Å². The molecule has 1 fully saturated rings. The van der Waals surface area contributed by atoms with Crippen molar-refractivity contribution in [3.05, 3.63) is 91.6 Å². The fourth-order valence-electron chi connectivity index (χ4n) is 3.56. The van der Waals surface area contributed by atoms with Crippen molar-refractivity contribution in [3.63, 3.8) is 0 Å². The molecule has 0 spiro atoms. The van der Waals surface area contributed by atoms with Gasteiger partial charge in [0.05, 0.1) is 26.8 Å². The van der Waals surface area contributed by atoms with E-state index in [1.54, 1.807) is 47.4 Å². The van der Waals surface area contributed by atoms with E-state index in [-0.39, 0.29) is 23.9 Å². The number of aliphatic imine (C=N–C) groups is 1. The number of benzene rings is 3. The molecule has 0 saturated carbocycles. The molecule has 1 aliphatic heterocycles. The fourth-order valence-corrected chi connectivity index (χ4v) is 5.40. The van der Waals surface area contributed by atoms with Crippen LogP contribution in [0.3, 0.4) is 0 Å². The smallest absolute Gasteiger partial charge is 0.335 e. The average molecular weight is 632 g/mol. The molecule has 0 unspecified atom stereocenters. The van der Waals surface area contributed by atoms with Gasteiger partial charge in [0.25, 0.3) is 5.91 Å². The van der Waals surface area contributed by atoms with Crippen LogP contribution >= 0.6 is 34.4 Å². The van der Waals surface area contributed by atoms with Crippen LogP contribution in [0, 0.1) is 9.39 Å². The van der Waals surface area contributed by atoms with Gasteiger partial charge in [-0.1, -0.05) is 12.1 Å². The number of hydrogen-bond donors (Lipinski definition) is 1. The number of thioether (sulfide) groups is 1. The van der Waals surface area contributed by atoms with Gasteiger partial charge in [-0.3, -0.25) is 9.69 Å². The van der Waals surface area contributed by atoms with Crippen LogP contribution in [0.2, 0.25) is 0 Å². The number of nitrogens with zero attached hydrogens (tertiary/aromatic N) is 2. The highest BCUT2D eigenvalue weighted by Crippen LogP contribution is 2.38. The van der Waals surface area contributed by atoms with E-state index in [1.165, 1.54) is 37.1 Å². The highest BCUT2D eigenvalue weighted by atomic mass is 127. The zero-order valence-electron chi connectivity index (χ0n) is 19.9. The molecular weight excluding hydrogens is 610 g/mol. The first kappa shape index (κ1) is 26.7. The summed E-state index contributed by atoms with van der Waals surface area (Å²) in [7, 11) is 1.53. The number of halogens is 2. The molecule has 10 heteroatoms. The molecule has 37 heavy (non-hydrogen) atoms. The van der Waals surface area contributed by atoms with Crippen molar-refractivity contribution in [1.29, 1.82) is 0 Å². The lowest BCUT2D eigenvalue weighted by Crippen LogP contribution is -2.28. The number of carbonyl (C=O) groups is 2. The Labute approximate surface area is 231 Å². The third kappa shape index (κ3) is 6.31. The number of amides is 1. The molecule has 0 bridgehead atoms. The second-order valence-electron chi connectivity index (χ2n) is 7.86. The van der Waals surface area contributed by atoms with E-state index < -0.39 is 5.97 Å². The van der Waals surface area contributed by atoms with Gasteiger partial charge in [0, 0.05) is 6.54 Å². The Morgan fingerprint density at radius 2 is 1.95 bits per heavy atom. The number of likely N-dealkylation sites (N-methyl/N-ethyl adjacent to an activating group) is 1. The summed E-state index contributed by atoms with van der Waals surface area (Å²) in [6, 6.07) is 16.0. The molecule has 1 saturated heterocycles. The van der Waals surface area contributed by atoms with Crippen molar-refractivity contribution < 1.29 is 28.6 Å². The Bertz CT molecular complexity index is 1410. The van der Waals surface area contributed by atoms with Gasteiger partial charge < -0.3 is 14.6 Å². The number of amidine groups is 1. The number of methoxy groups -OCH3 is 1. The van der Waals surface area contributed by atoms with Gasteiger partial charge in [-0.15, -0.1) is 0 Å². The van der Waals surface area contributed by atoms with Crippen LogP contribution in [0.1, 0.15) is 28.4 Å². The van der Waals surface area contributed by atoms with E-state index in [2.05, 4.69) is 27.6 Å². The zero-order chi connectivity index (χ0) is 26.5. The van der Waals surface area contributed by atoms with Gasteiger partial charge in [-0.2, -0.15) is 0 Å². The predicted octanol–water partition coefficient (Wildman–Crippen LogP) is 6.34. The number of aromatic carboxylic acids is 1. The van der Waals surface area contributed by atoms with Crippen molar-refractivity contribution >= 4 is 63.2 Å². The second-order valence-corrected chi connectivity index (χ2v) is 10.0. The minimum Gasteiger partial charge on any atom is -0.493 e. The Morgan fingerprint density at radius 3 is 2.62 bits per heavy atom. The first-order valence-corrected chi connectivity index (χ1v) is 13.1. The van der Waals surface area contributed by atoms with E-state index in [0.717, 1.165) is 9.13 Å². The van der Waals surface area contributed by atoms with Crippen molar-refractivity contribution in [2.45, 2.75) is 13.5 Å². The molecule has 1 heterocycles. The van der Waals surface area contributed by atoms with Crippen LogP contribution in [-0.4, -0.2) is 40.7 Å². The summed E-state index contributed by atoms with van der Waals surface area (Å²) in [6.07, 6.45) is 1.77. The molecule has 3 aromatic carbocycles. The highest BCUT2D eigenvalue weighted by molar-refractivity contribution is 14.1. The largest absolute Gasteiger partial charge is 0.493 e. The van der Waals surface area contributed by atoms with Crippen molar-refractivity contribution in [1.82, 2.24) is 4.90 Å². The molecule has 190 valence electrons. The molecule has 0 aromatic heterocycles. The van der Waals surface area contributed by atoms with Crippen LogP contribution in [-0.2, 0) is 11.4 Å². The summed E-state index contributed by atoms with van der Waals surface area (Å²) < 4.78 is 25.5. The zero-order valence-corrected chi connectivity index (χ0v) is 22.9. The van der Waals surface area contributed by atoms with Gasteiger partial charge in [0.15, 0.2) is 16.7 Å². The molecule has 0 atom stereocenters. The number of ether oxygens (including phenoxy) is 2.